The van der Waals surface area contributed by atoms with Crippen LogP contribution in [0.15, 0.2) is 77.8 Å². The lowest BCUT2D eigenvalue weighted by atomic mass is 10.0. The highest BCUT2D eigenvalue weighted by Crippen LogP contribution is 2.31. The Bertz CT molecular complexity index is 1790. The number of imidazole rings is 1. The molecule has 1 aliphatic carbocycles. The fourth-order valence-corrected chi connectivity index (χ4v) is 7.03. The Hall–Kier alpha value is -4.55. The number of aromatic nitrogens is 3. The number of carbonyl (C=O) groups is 2. The van der Waals surface area contributed by atoms with Gasteiger partial charge in [0.2, 0.25) is 5.91 Å². The standard InChI is InChI=1S/C33H36N6O5S/c1-2-29-35-27(22-37-17-19-38(20-18-37)30-9-5-6-16-34-30)31(33(41)42)39(29)21-23-10-12-24(13-11-23)26-7-3-4-8-28(26)45(43,44)36-32(40)25-14-15-25/h3-13,16,25H,2,14-15,17-22H2,1H3,(H,36,40)(H,41,42). The van der Waals surface area contributed by atoms with Gasteiger partial charge in [-0.15, -0.1) is 0 Å². The van der Waals surface area contributed by atoms with Gasteiger partial charge >= 0.3 is 5.97 Å². The smallest absolute Gasteiger partial charge is 0.354 e. The van der Waals surface area contributed by atoms with Crippen molar-refractivity contribution < 1.29 is 23.1 Å². The second-order valence-corrected chi connectivity index (χ2v) is 13.1. The van der Waals surface area contributed by atoms with Crippen LogP contribution >= 0.6 is 0 Å². The number of rotatable bonds is 11. The van der Waals surface area contributed by atoms with Crippen molar-refractivity contribution in [2.24, 2.45) is 5.92 Å². The third-order valence-corrected chi connectivity index (χ3v) is 9.73. The molecule has 0 unspecified atom stereocenters. The number of hydrogen-bond acceptors (Lipinski definition) is 8. The van der Waals surface area contributed by atoms with Crippen LogP contribution in [-0.4, -0.2) is 71.0 Å². The summed E-state index contributed by atoms with van der Waals surface area (Å²) in [7, 11) is -4.04. The Morgan fingerprint density at radius 2 is 1.64 bits per heavy atom. The Balaban J connectivity index is 1.19. The first kappa shape index (κ1) is 30.5. The molecule has 1 saturated carbocycles. The van der Waals surface area contributed by atoms with Crippen molar-refractivity contribution in [1.29, 1.82) is 0 Å². The van der Waals surface area contributed by atoms with Crippen molar-refractivity contribution in [3.63, 3.8) is 0 Å². The number of carboxylic acid groups (broad SMARTS) is 1. The van der Waals surface area contributed by atoms with Crippen molar-refractivity contribution >= 4 is 27.7 Å². The van der Waals surface area contributed by atoms with Crippen molar-refractivity contribution in [3.05, 3.63) is 95.7 Å². The van der Waals surface area contributed by atoms with E-state index in [0.717, 1.165) is 37.6 Å². The van der Waals surface area contributed by atoms with E-state index < -0.39 is 21.9 Å². The van der Waals surface area contributed by atoms with Crippen molar-refractivity contribution in [1.82, 2.24) is 24.2 Å². The third-order valence-electron chi connectivity index (χ3n) is 8.32. The predicted octanol–water partition coefficient (Wildman–Crippen LogP) is 3.79. The number of aromatic carboxylic acids is 1. The Labute approximate surface area is 262 Å². The molecule has 0 atom stereocenters. The summed E-state index contributed by atoms with van der Waals surface area (Å²) in [6, 6.07) is 19.8. The van der Waals surface area contributed by atoms with E-state index in [4.69, 9.17) is 4.98 Å². The number of amides is 1. The van der Waals surface area contributed by atoms with Crippen LogP contribution in [0.3, 0.4) is 0 Å². The summed E-state index contributed by atoms with van der Waals surface area (Å²) in [5.41, 5.74) is 2.74. The van der Waals surface area contributed by atoms with Crippen molar-refractivity contribution in [3.8, 4) is 11.1 Å². The Morgan fingerprint density at radius 3 is 2.29 bits per heavy atom. The van der Waals surface area contributed by atoms with Gasteiger partial charge in [0.1, 0.15) is 11.6 Å². The van der Waals surface area contributed by atoms with E-state index in [-0.39, 0.29) is 16.5 Å². The molecule has 3 heterocycles. The molecule has 0 spiro atoms. The monoisotopic (exact) mass is 628 g/mol. The van der Waals surface area contributed by atoms with Crippen LogP contribution < -0.4 is 9.62 Å². The normalized spacial score (nSPS) is 15.6. The van der Waals surface area contributed by atoms with Gasteiger partial charge in [-0.05, 0) is 42.2 Å². The van der Waals surface area contributed by atoms with E-state index in [1.807, 2.05) is 49.4 Å². The summed E-state index contributed by atoms with van der Waals surface area (Å²) in [5, 5.41) is 10.3. The maximum atomic E-state index is 13.1. The average Bonchev–Trinajstić information content (AvgIpc) is 3.85. The molecule has 0 bridgehead atoms. The van der Waals surface area contributed by atoms with Gasteiger partial charge in [0.15, 0.2) is 5.69 Å². The summed E-state index contributed by atoms with van der Waals surface area (Å²) in [4.78, 5) is 38.5. The minimum Gasteiger partial charge on any atom is -0.477 e. The van der Waals surface area contributed by atoms with Crippen LogP contribution in [0.2, 0.25) is 0 Å². The summed E-state index contributed by atoms with van der Waals surface area (Å²) in [5.74, 6) is -0.0826. The molecular weight excluding hydrogens is 592 g/mol. The van der Waals surface area contributed by atoms with Gasteiger partial charge in [-0.1, -0.05) is 55.5 Å². The summed E-state index contributed by atoms with van der Waals surface area (Å²) in [6.07, 6.45) is 3.77. The molecular formula is C33H36N6O5S. The van der Waals surface area contributed by atoms with E-state index in [2.05, 4.69) is 19.5 Å². The van der Waals surface area contributed by atoms with E-state index >= 15 is 0 Å². The largest absolute Gasteiger partial charge is 0.477 e. The van der Waals surface area contributed by atoms with E-state index in [1.54, 1.807) is 29.0 Å². The highest BCUT2D eigenvalue weighted by atomic mass is 32.2. The minimum absolute atomic E-state index is 0.0355. The van der Waals surface area contributed by atoms with Gasteiger partial charge in [-0.3, -0.25) is 9.69 Å². The van der Waals surface area contributed by atoms with Gasteiger partial charge in [0.05, 0.1) is 10.6 Å². The highest BCUT2D eigenvalue weighted by molar-refractivity contribution is 7.90. The maximum absolute atomic E-state index is 13.1. The molecule has 12 heteroatoms. The fraction of sp³-hybridized carbons (Fsp3) is 0.333. The number of carbonyl (C=O) groups excluding carboxylic acids is 1. The van der Waals surface area contributed by atoms with Crippen LogP contribution in [0.1, 0.15) is 47.3 Å². The minimum atomic E-state index is -4.04. The summed E-state index contributed by atoms with van der Waals surface area (Å²) < 4.78 is 30.1. The Kier molecular flexibility index (Phi) is 8.68. The predicted molar refractivity (Wildman–Crippen MR) is 169 cm³/mol. The summed E-state index contributed by atoms with van der Waals surface area (Å²) in [6.45, 7) is 5.85. The molecule has 234 valence electrons. The third kappa shape index (κ3) is 6.76. The van der Waals surface area contributed by atoms with E-state index in [9.17, 15) is 23.1 Å². The number of nitrogens with one attached hydrogen (secondary N) is 1. The number of pyridine rings is 1. The molecule has 4 aromatic rings. The first-order valence-corrected chi connectivity index (χ1v) is 16.7. The summed E-state index contributed by atoms with van der Waals surface area (Å²) >= 11 is 0. The molecule has 1 aliphatic heterocycles. The fourth-order valence-electron chi connectivity index (χ4n) is 5.76. The number of piperazine rings is 1. The molecule has 2 aromatic carbocycles. The van der Waals surface area contributed by atoms with Gasteiger partial charge in [-0.2, -0.15) is 0 Å². The lowest BCUT2D eigenvalue weighted by Gasteiger charge is -2.35. The van der Waals surface area contributed by atoms with Crippen molar-refractivity contribution in [2.75, 3.05) is 31.1 Å². The number of anilines is 1. The van der Waals surface area contributed by atoms with E-state index in [0.29, 0.717) is 55.0 Å². The number of hydrogen-bond donors (Lipinski definition) is 2. The number of carboxylic acids is 1. The zero-order valence-corrected chi connectivity index (χ0v) is 25.9. The first-order chi connectivity index (χ1) is 21.7. The van der Waals surface area contributed by atoms with Gasteiger partial charge in [-0.25, -0.2) is 27.9 Å². The SMILES string of the molecule is CCc1nc(CN2CCN(c3ccccn3)CC2)c(C(=O)O)n1Cc1ccc(-c2ccccc2S(=O)(=O)NC(=O)C2CC2)cc1. The second kappa shape index (κ2) is 12.8. The van der Waals surface area contributed by atoms with Gasteiger partial charge in [0.25, 0.3) is 10.0 Å². The van der Waals surface area contributed by atoms with Crippen LogP contribution in [0, 0.1) is 5.92 Å². The number of sulfonamides is 1. The molecule has 1 saturated heterocycles. The molecule has 45 heavy (non-hydrogen) atoms. The molecule has 2 aromatic heterocycles. The van der Waals surface area contributed by atoms with Crippen LogP contribution in [0.4, 0.5) is 5.82 Å². The highest BCUT2D eigenvalue weighted by Gasteiger charge is 2.33. The molecule has 0 radical (unpaired) electrons. The van der Waals surface area contributed by atoms with Crippen LogP contribution in [-0.2, 0) is 34.3 Å². The van der Waals surface area contributed by atoms with Crippen LogP contribution in [0.5, 0.6) is 0 Å². The van der Waals surface area contributed by atoms with Gasteiger partial charge in [0, 0.05) is 63.4 Å². The van der Waals surface area contributed by atoms with Gasteiger partial charge < -0.3 is 14.6 Å². The molecule has 2 N–H and O–H groups in total. The lowest BCUT2D eigenvalue weighted by Crippen LogP contribution is -2.46. The number of aryl methyl sites for hydroxylation is 1. The second-order valence-electron chi connectivity index (χ2n) is 11.5. The molecule has 2 aliphatic rings. The molecule has 2 fully saturated rings. The Morgan fingerprint density at radius 1 is 0.933 bits per heavy atom. The van der Waals surface area contributed by atoms with Crippen LogP contribution in [0.25, 0.3) is 11.1 Å². The topological polar surface area (TPSA) is 138 Å². The molecule has 6 rings (SSSR count). The van der Waals surface area contributed by atoms with E-state index in [1.165, 1.54) is 6.07 Å². The zero-order chi connectivity index (χ0) is 31.6. The average molecular weight is 629 g/mol. The maximum Gasteiger partial charge on any atom is 0.354 e. The first-order valence-electron chi connectivity index (χ1n) is 15.2. The van der Waals surface area contributed by atoms with Crippen molar-refractivity contribution in [2.45, 2.75) is 44.2 Å². The molecule has 1 amide bonds. The lowest BCUT2D eigenvalue weighted by molar-refractivity contribution is -0.120. The number of nitrogens with zero attached hydrogens (tertiary/aromatic N) is 5. The zero-order valence-electron chi connectivity index (χ0n) is 25.1. The number of benzene rings is 2. The molecule has 11 nitrogen and oxygen atoms in total. The quantitative estimate of drug-likeness (QED) is 0.254.